The first kappa shape index (κ1) is 6.12. The van der Waals surface area contributed by atoms with Crippen molar-refractivity contribution in [2.24, 2.45) is 0 Å². The Balaban J connectivity index is 3.30. The Labute approximate surface area is 47.9 Å². The van der Waals surface area contributed by atoms with Crippen LogP contribution < -0.4 is 0 Å². The first-order chi connectivity index (χ1) is 2.77. The van der Waals surface area contributed by atoms with Gasteiger partial charge in [0.2, 0.25) is 0 Å². The van der Waals surface area contributed by atoms with Crippen LogP contribution in [0.15, 0.2) is 23.1 Å². The van der Waals surface area contributed by atoms with Crippen LogP contribution in [0, 0.1) is 0 Å². The molecular weight excluding hydrogens is 116 g/mol. The van der Waals surface area contributed by atoms with Crippen molar-refractivity contribution in [1.29, 1.82) is 0 Å². The van der Waals surface area contributed by atoms with Crippen molar-refractivity contribution in [2.75, 3.05) is 0 Å². The molecule has 0 saturated carbocycles. The van der Waals surface area contributed by atoms with Gasteiger partial charge >= 0.3 is 0 Å². The van der Waals surface area contributed by atoms with E-state index in [0.29, 0.717) is 5.03 Å². The molecule has 0 N–H and O–H groups in total. The van der Waals surface area contributed by atoms with Crippen molar-refractivity contribution < 1.29 is 0 Å². The van der Waals surface area contributed by atoms with Crippen LogP contribution in [0.25, 0.3) is 0 Å². The second kappa shape index (κ2) is 3.32. The predicted molar refractivity (Wildman–Crippen MR) is 33.1 cm³/mol. The smallest absolute Gasteiger partial charge is 0.0339 e. The monoisotopic (exact) mass is 120 g/mol. The fraction of sp³-hybridized carbons (Fsp3) is 0. The normalized spacial score (nSPS) is 9.67. The topological polar surface area (TPSA) is 0 Å². The van der Waals surface area contributed by atoms with Crippen LogP contribution in [0.5, 0.6) is 0 Å². The Hall–Kier alpha value is 0.120. The summed E-state index contributed by atoms with van der Waals surface area (Å²) in [4.78, 5) is 0. The lowest BCUT2D eigenvalue weighted by molar-refractivity contribution is 2.02. The van der Waals surface area contributed by atoms with E-state index in [4.69, 9.17) is 11.6 Å². The molecule has 0 spiro atoms. The summed E-state index contributed by atoms with van der Waals surface area (Å²) in [5, 5.41) is 2.04. The first-order valence-electron chi connectivity index (χ1n) is 1.42. The molecule has 0 aromatic carbocycles. The maximum Gasteiger partial charge on any atom is 0.0339 e. The molecule has 0 aliphatic heterocycles. The van der Waals surface area contributed by atoms with E-state index in [9.17, 15) is 0 Å². The van der Waals surface area contributed by atoms with Gasteiger partial charge in [0.15, 0.2) is 0 Å². The Morgan fingerprint density at radius 1 is 1.83 bits per heavy atom. The van der Waals surface area contributed by atoms with E-state index >= 15 is 0 Å². The van der Waals surface area contributed by atoms with E-state index in [2.05, 4.69) is 19.2 Å². The molecule has 0 rings (SSSR count). The summed E-state index contributed by atoms with van der Waals surface area (Å²) in [5.41, 5.74) is 0. The SMILES string of the molecule is C=C(Cl)C=CS. The van der Waals surface area contributed by atoms with Crippen LogP contribution in [0.4, 0.5) is 0 Å². The number of thiol groups is 1. The van der Waals surface area contributed by atoms with Gasteiger partial charge in [-0.2, -0.15) is 12.6 Å². The molecule has 0 aromatic rings. The molecule has 0 aliphatic rings. The minimum absolute atomic E-state index is 0.505. The Morgan fingerprint density at radius 2 is 2.33 bits per heavy atom. The van der Waals surface area contributed by atoms with Crippen molar-refractivity contribution in [3.8, 4) is 0 Å². The molecule has 34 valence electrons. The van der Waals surface area contributed by atoms with Gasteiger partial charge in [-0.05, 0) is 11.5 Å². The molecule has 2 heteroatoms. The van der Waals surface area contributed by atoms with Gasteiger partial charge in [-0.15, -0.1) is 0 Å². The van der Waals surface area contributed by atoms with E-state index in [-0.39, 0.29) is 0 Å². The van der Waals surface area contributed by atoms with Crippen LogP contribution in [0.1, 0.15) is 0 Å². The van der Waals surface area contributed by atoms with Gasteiger partial charge in [-0.1, -0.05) is 18.2 Å². The zero-order valence-electron chi connectivity index (χ0n) is 3.19. The van der Waals surface area contributed by atoms with Gasteiger partial charge in [-0.3, -0.25) is 0 Å². The second-order valence-electron chi connectivity index (χ2n) is 0.763. The van der Waals surface area contributed by atoms with Crippen LogP contribution >= 0.6 is 24.2 Å². The van der Waals surface area contributed by atoms with Crippen molar-refractivity contribution in [3.05, 3.63) is 23.1 Å². The predicted octanol–water partition coefficient (Wildman–Crippen LogP) is 2.18. The van der Waals surface area contributed by atoms with Crippen molar-refractivity contribution >= 4 is 24.2 Å². The molecule has 0 aromatic heterocycles. The average Bonchev–Trinajstić information content (AvgIpc) is 1.35. The fourth-order valence-corrected chi connectivity index (χ4v) is 0.412. The Morgan fingerprint density at radius 3 is 2.33 bits per heavy atom. The standard InChI is InChI=1S/C4H5ClS/c1-4(5)2-3-6/h2-3,6H,1H2. The Kier molecular flexibility index (Phi) is 3.38. The van der Waals surface area contributed by atoms with Crippen molar-refractivity contribution in [3.63, 3.8) is 0 Å². The molecule has 0 bridgehead atoms. The van der Waals surface area contributed by atoms with E-state index in [1.165, 1.54) is 5.41 Å². The van der Waals surface area contributed by atoms with Gasteiger partial charge in [0.1, 0.15) is 0 Å². The third-order valence-corrected chi connectivity index (χ3v) is 0.530. The van der Waals surface area contributed by atoms with Gasteiger partial charge in [0, 0.05) is 5.03 Å². The van der Waals surface area contributed by atoms with Crippen LogP contribution in [0.2, 0.25) is 0 Å². The molecule has 0 atom stereocenters. The summed E-state index contributed by atoms with van der Waals surface area (Å²) in [6.07, 6.45) is 1.60. The van der Waals surface area contributed by atoms with E-state index in [1.54, 1.807) is 6.08 Å². The van der Waals surface area contributed by atoms with E-state index in [0.717, 1.165) is 0 Å². The van der Waals surface area contributed by atoms with Gasteiger partial charge in [0.25, 0.3) is 0 Å². The zero-order valence-corrected chi connectivity index (χ0v) is 4.84. The minimum atomic E-state index is 0.505. The van der Waals surface area contributed by atoms with Gasteiger partial charge in [-0.25, -0.2) is 0 Å². The largest absolute Gasteiger partial charge is 0.151 e. The number of allylic oxidation sites excluding steroid dienone is 2. The molecule has 0 unspecified atom stereocenters. The summed E-state index contributed by atoms with van der Waals surface area (Å²) < 4.78 is 0. The molecule has 0 fully saturated rings. The summed E-state index contributed by atoms with van der Waals surface area (Å²) in [5.74, 6) is 0. The first-order valence-corrected chi connectivity index (χ1v) is 2.32. The highest BCUT2D eigenvalue weighted by Gasteiger charge is 1.67. The zero-order chi connectivity index (χ0) is 4.99. The lowest BCUT2D eigenvalue weighted by atomic mass is 10.6. The highest BCUT2D eigenvalue weighted by Crippen LogP contribution is 1.97. The highest BCUT2D eigenvalue weighted by atomic mass is 35.5. The molecular formula is C4H5ClS. The summed E-state index contributed by atoms with van der Waals surface area (Å²) in [6, 6.07) is 0. The van der Waals surface area contributed by atoms with Gasteiger partial charge < -0.3 is 0 Å². The molecule has 0 nitrogen and oxygen atoms in total. The third-order valence-electron chi connectivity index (χ3n) is 0.255. The molecule has 0 amide bonds. The maximum atomic E-state index is 5.25. The fourth-order valence-electron chi connectivity index (χ4n) is 0.0809. The number of hydrogen-bond acceptors (Lipinski definition) is 1. The average molecular weight is 121 g/mol. The van der Waals surface area contributed by atoms with Crippen LogP contribution in [-0.2, 0) is 0 Å². The van der Waals surface area contributed by atoms with E-state index in [1.807, 2.05) is 0 Å². The minimum Gasteiger partial charge on any atom is -0.151 e. The maximum absolute atomic E-state index is 5.25. The molecule has 0 heterocycles. The molecule has 0 radical (unpaired) electrons. The van der Waals surface area contributed by atoms with Crippen molar-refractivity contribution in [2.45, 2.75) is 0 Å². The van der Waals surface area contributed by atoms with Crippen LogP contribution in [0.3, 0.4) is 0 Å². The molecule has 0 aliphatic carbocycles. The second-order valence-corrected chi connectivity index (χ2v) is 1.55. The highest BCUT2D eigenvalue weighted by molar-refractivity contribution is 7.83. The third kappa shape index (κ3) is 4.12. The lowest BCUT2D eigenvalue weighted by Crippen LogP contribution is -1.46. The van der Waals surface area contributed by atoms with Crippen molar-refractivity contribution in [1.82, 2.24) is 0 Å². The number of hydrogen-bond donors (Lipinski definition) is 1. The summed E-state index contributed by atoms with van der Waals surface area (Å²) in [6.45, 7) is 3.37. The Bertz CT molecular complexity index is 75.6. The summed E-state index contributed by atoms with van der Waals surface area (Å²) >= 11 is 8.98. The molecule has 0 saturated heterocycles. The van der Waals surface area contributed by atoms with Crippen LogP contribution in [-0.4, -0.2) is 0 Å². The number of rotatable bonds is 1. The molecule has 6 heavy (non-hydrogen) atoms. The summed E-state index contributed by atoms with van der Waals surface area (Å²) in [7, 11) is 0. The quantitative estimate of drug-likeness (QED) is 0.398. The van der Waals surface area contributed by atoms with Gasteiger partial charge in [0.05, 0.1) is 0 Å². The number of halogens is 1. The lowest BCUT2D eigenvalue weighted by Gasteiger charge is -1.72. The van der Waals surface area contributed by atoms with E-state index < -0.39 is 0 Å².